The summed E-state index contributed by atoms with van der Waals surface area (Å²) in [7, 11) is 5.05. The Morgan fingerprint density at radius 2 is 2.05 bits per heavy atom. The number of likely N-dealkylation sites (tertiary alicyclic amines) is 1. The second kappa shape index (κ2) is 6.65. The summed E-state index contributed by atoms with van der Waals surface area (Å²) in [6.07, 6.45) is 1.60. The van der Waals surface area contributed by atoms with Crippen LogP contribution in [0.25, 0.3) is 0 Å². The lowest BCUT2D eigenvalue weighted by Gasteiger charge is -2.34. The molecule has 1 saturated heterocycles. The first-order valence-corrected chi connectivity index (χ1v) is 7.07. The Labute approximate surface area is 124 Å². The maximum absolute atomic E-state index is 13.8. The zero-order valence-electron chi connectivity index (χ0n) is 12.7. The number of hydrogen-bond donors (Lipinski definition) is 1. The van der Waals surface area contributed by atoms with E-state index >= 15 is 0 Å². The molecule has 1 N–H and O–H groups in total. The molecule has 1 aliphatic rings. The minimum Gasteiger partial charge on any atom is -0.497 e. The summed E-state index contributed by atoms with van der Waals surface area (Å²) in [5.41, 5.74) is 0.451. The fourth-order valence-corrected chi connectivity index (χ4v) is 2.46. The summed E-state index contributed by atoms with van der Waals surface area (Å²) in [5.74, 6) is 0.335. The first-order valence-electron chi connectivity index (χ1n) is 7.07. The van der Waals surface area contributed by atoms with E-state index in [-0.39, 0.29) is 17.9 Å². The third-order valence-electron chi connectivity index (χ3n) is 3.68. The Hall–Kier alpha value is -1.98. The van der Waals surface area contributed by atoms with Crippen molar-refractivity contribution in [1.82, 2.24) is 9.80 Å². The van der Waals surface area contributed by atoms with Crippen LogP contribution in [0.1, 0.15) is 12.8 Å². The predicted molar refractivity (Wildman–Crippen MR) is 80.3 cm³/mol. The Balaban J connectivity index is 1.93. The van der Waals surface area contributed by atoms with Crippen molar-refractivity contribution in [3.05, 3.63) is 24.0 Å². The van der Waals surface area contributed by atoms with Gasteiger partial charge >= 0.3 is 6.03 Å². The fraction of sp³-hybridized carbons (Fsp3) is 0.533. The topological polar surface area (TPSA) is 44.8 Å². The SMILES string of the molecule is COc1ccc(F)c(NC2CCN(C(=O)N(C)C)CC2)c1. The van der Waals surface area contributed by atoms with E-state index in [4.69, 9.17) is 4.74 Å². The van der Waals surface area contributed by atoms with E-state index in [0.717, 1.165) is 12.8 Å². The molecule has 0 aliphatic carbocycles. The molecule has 5 nitrogen and oxygen atoms in total. The number of rotatable bonds is 3. The van der Waals surface area contributed by atoms with E-state index in [1.165, 1.54) is 6.07 Å². The molecule has 0 unspecified atom stereocenters. The largest absolute Gasteiger partial charge is 0.497 e. The highest BCUT2D eigenvalue weighted by atomic mass is 19.1. The molecule has 1 aromatic rings. The van der Waals surface area contributed by atoms with Gasteiger partial charge in [-0.3, -0.25) is 0 Å². The van der Waals surface area contributed by atoms with Crippen LogP contribution in [-0.2, 0) is 0 Å². The molecular formula is C15H22FN3O2. The molecule has 0 saturated carbocycles. The average molecular weight is 295 g/mol. The van der Waals surface area contributed by atoms with E-state index < -0.39 is 0 Å². The number of ether oxygens (including phenoxy) is 1. The molecule has 0 atom stereocenters. The van der Waals surface area contributed by atoms with Crippen LogP contribution in [0.2, 0.25) is 0 Å². The number of urea groups is 1. The van der Waals surface area contributed by atoms with Crippen LogP contribution in [0, 0.1) is 5.82 Å². The Bertz CT molecular complexity index is 500. The third-order valence-corrected chi connectivity index (χ3v) is 3.68. The number of benzene rings is 1. The fourth-order valence-electron chi connectivity index (χ4n) is 2.46. The van der Waals surface area contributed by atoms with Crippen molar-refractivity contribution < 1.29 is 13.9 Å². The van der Waals surface area contributed by atoms with Gasteiger partial charge in [0.1, 0.15) is 11.6 Å². The van der Waals surface area contributed by atoms with Crippen LogP contribution < -0.4 is 10.1 Å². The standard InChI is InChI=1S/C15H22FN3O2/c1-18(2)15(20)19-8-6-11(7-9-19)17-14-10-12(21-3)4-5-13(14)16/h4-5,10-11,17H,6-9H2,1-3H3. The number of carbonyl (C=O) groups excluding carboxylic acids is 1. The monoisotopic (exact) mass is 295 g/mol. The molecule has 21 heavy (non-hydrogen) atoms. The molecule has 1 fully saturated rings. The molecule has 116 valence electrons. The number of hydrogen-bond acceptors (Lipinski definition) is 3. The highest BCUT2D eigenvalue weighted by Crippen LogP contribution is 2.24. The Morgan fingerprint density at radius 3 is 2.62 bits per heavy atom. The minimum absolute atomic E-state index is 0.0287. The quantitative estimate of drug-likeness (QED) is 0.931. The van der Waals surface area contributed by atoms with Gasteiger partial charge in [0.15, 0.2) is 0 Å². The predicted octanol–water partition coefficient (Wildman–Crippen LogP) is 2.39. The molecule has 1 aromatic carbocycles. The van der Waals surface area contributed by atoms with Gasteiger partial charge in [0, 0.05) is 39.3 Å². The molecule has 1 aliphatic heterocycles. The van der Waals surface area contributed by atoms with Gasteiger partial charge in [0.05, 0.1) is 12.8 Å². The smallest absolute Gasteiger partial charge is 0.319 e. The maximum Gasteiger partial charge on any atom is 0.319 e. The van der Waals surface area contributed by atoms with Crippen molar-refractivity contribution in [1.29, 1.82) is 0 Å². The van der Waals surface area contributed by atoms with E-state index in [9.17, 15) is 9.18 Å². The van der Waals surface area contributed by atoms with Crippen LogP contribution in [0.5, 0.6) is 5.75 Å². The van der Waals surface area contributed by atoms with Crippen LogP contribution >= 0.6 is 0 Å². The highest BCUT2D eigenvalue weighted by Gasteiger charge is 2.24. The zero-order valence-corrected chi connectivity index (χ0v) is 12.7. The molecule has 1 heterocycles. The average Bonchev–Trinajstić information content (AvgIpc) is 2.49. The number of anilines is 1. The van der Waals surface area contributed by atoms with Crippen molar-refractivity contribution >= 4 is 11.7 Å². The number of piperidine rings is 1. The maximum atomic E-state index is 13.8. The van der Waals surface area contributed by atoms with E-state index in [1.54, 1.807) is 38.2 Å². The van der Waals surface area contributed by atoms with Crippen molar-refractivity contribution in [3.63, 3.8) is 0 Å². The van der Waals surface area contributed by atoms with Crippen LogP contribution in [0.15, 0.2) is 18.2 Å². The molecular weight excluding hydrogens is 273 g/mol. The summed E-state index contributed by atoms with van der Waals surface area (Å²) in [4.78, 5) is 15.3. The first-order chi connectivity index (χ1) is 10.0. The summed E-state index contributed by atoms with van der Waals surface area (Å²) < 4.78 is 18.9. The second-order valence-electron chi connectivity index (χ2n) is 5.43. The highest BCUT2D eigenvalue weighted by molar-refractivity contribution is 5.73. The number of carbonyl (C=O) groups is 1. The van der Waals surface area contributed by atoms with Crippen molar-refractivity contribution in [2.75, 3.05) is 39.6 Å². The number of methoxy groups -OCH3 is 1. The van der Waals surface area contributed by atoms with Crippen molar-refractivity contribution in [2.45, 2.75) is 18.9 Å². The van der Waals surface area contributed by atoms with E-state index in [1.807, 2.05) is 4.90 Å². The lowest BCUT2D eigenvalue weighted by molar-refractivity contribution is 0.158. The molecule has 0 spiro atoms. The lowest BCUT2D eigenvalue weighted by Crippen LogP contribution is -2.46. The van der Waals surface area contributed by atoms with Gasteiger partial charge in [-0.1, -0.05) is 0 Å². The van der Waals surface area contributed by atoms with Gasteiger partial charge in [-0.2, -0.15) is 0 Å². The van der Waals surface area contributed by atoms with Gasteiger partial charge in [0.25, 0.3) is 0 Å². The number of amides is 2. The summed E-state index contributed by atoms with van der Waals surface area (Å²) in [6.45, 7) is 1.36. The third kappa shape index (κ3) is 3.77. The number of nitrogens with one attached hydrogen (secondary N) is 1. The zero-order chi connectivity index (χ0) is 15.4. The Morgan fingerprint density at radius 1 is 1.38 bits per heavy atom. The summed E-state index contributed by atoms with van der Waals surface area (Å²) >= 11 is 0. The molecule has 2 rings (SSSR count). The first kappa shape index (κ1) is 15.4. The van der Waals surface area contributed by atoms with E-state index in [0.29, 0.717) is 24.5 Å². The van der Waals surface area contributed by atoms with Gasteiger partial charge < -0.3 is 19.9 Å². The summed E-state index contributed by atoms with van der Waals surface area (Å²) in [5, 5.41) is 3.21. The molecule has 6 heteroatoms. The van der Waals surface area contributed by atoms with Crippen molar-refractivity contribution in [2.24, 2.45) is 0 Å². The Kier molecular flexibility index (Phi) is 4.88. The second-order valence-corrected chi connectivity index (χ2v) is 5.43. The van der Waals surface area contributed by atoms with Crippen LogP contribution in [0.4, 0.5) is 14.9 Å². The van der Waals surface area contributed by atoms with Gasteiger partial charge in [-0.25, -0.2) is 9.18 Å². The molecule has 0 bridgehead atoms. The van der Waals surface area contributed by atoms with Gasteiger partial charge in [-0.15, -0.1) is 0 Å². The number of nitrogens with zero attached hydrogens (tertiary/aromatic N) is 2. The molecule has 0 aromatic heterocycles. The summed E-state index contributed by atoms with van der Waals surface area (Å²) in [6, 6.07) is 4.84. The van der Waals surface area contributed by atoms with Gasteiger partial charge in [-0.05, 0) is 25.0 Å². The molecule has 0 radical (unpaired) electrons. The van der Waals surface area contributed by atoms with Gasteiger partial charge in [0.2, 0.25) is 0 Å². The number of halogens is 1. The molecule has 2 amide bonds. The van der Waals surface area contributed by atoms with Crippen molar-refractivity contribution in [3.8, 4) is 5.75 Å². The normalized spacial score (nSPS) is 15.7. The van der Waals surface area contributed by atoms with Crippen LogP contribution in [0.3, 0.4) is 0 Å². The van der Waals surface area contributed by atoms with E-state index in [2.05, 4.69) is 5.32 Å². The van der Waals surface area contributed by atoms with Crippen LogP contribution in [-0.4, -0.2) is 56.2 Å². The minimum atomic E-state index is -0.289. The lowest BCUT2D eigenvalue weighted by atomic mass is 10.0.